The van der Waals surface area contributed by atoms with Crippen LogP contribution < -0.4 is 4.74 Å². The van der Waals surface area contributed by atoms with Crippen molar-refractivity contribution in [1.82, 2.24) is 9.97 Å². The molecule has 3 nitrogen and oxygen atoms in total. The highest BCUT2D eigenvalue weighted by molar-refractivity contribution is 5.56. The normalized spacial score (nSPS) is 12.1. The van der Waals surface area contributed by atoms with E-state index in [1.54, 1.807) is 7.11 Å². The van der Waals surface area contributed by atoms with Gasteiger partial charge in [0.1, 0.15) is 5.75 Å². The number of nitrogens with zero attached hydrogens (tertiary/aromatic N) is 2. The average molecular weight is 284 g/mol. The lowest BCUT2D eigenvalue weighted by molar-refractivity contribution is 0.415. The molecule has 1 aromatic heterocycles. The number of rotatable bonds is 7. The Morgan fingerprint density at radius 3 is 2.52 bits per heavy atom. The molecule has 1 aromatic carbocycles. The zero-order chi connectivity index (χ0) is 15.1. The van der Waals surface area contributed by atoms with Gasteiger partial charge < -0.3 is 4.74 Å². The van der Waals surface area contributed by atoms with Crippen molar-refractivity contribution < 1.29 is 4.74 Å². The molecule has 2 rings (SSSR count). The monoisotopic (exact) mass is 284 g/mol. The van der Waals surface area contributed by atoms with Crippen molar-refractivity contribution in [2.75, 3.05) is 7.11 Å². The van der Waals surface area contributed by atoms with Crippen molar-refractivity contribution in [3.05, 3.63) is 42.2 Å². The first-order valence-corrected chi connectivity index (χ1v) is 7.72. The zero-order valence-electron chi connectivity index (χ0n) is 13.2. The van der Waals surface area contributed by atoms with Crippen LogP contribution in [0.1, 0.15) is 51.1 Å². The molecule has 112 valence electrons. The largest absolute Gasteiger partial charge is 0.497 e. The van der Waals surface area contributed by atoms with Gasteiger partial charge in [0.15, 0.2) is 5.82 Å². The molecule has 3 heteroatoms. The van der Waals surface area contributed by atoms with Crippen LogP contribution in [-0.4, -0.2) is 17.1 Å². The smallest absolute Gasteiger partial charge is 0.159 e. The quantitative estimate of drug-likeness (QED) is 0.683. The lowest BCUT2D eigenvalue weighted by atomic mass is 9.99. The van der Waals surface area contributed by atoms with E-state index in [1.807, 2.05) is 36.5 Å². The number of hydrogen-bond acceptors (Lipinski definition) is 3. The molecule has 0 saturated heterocycles. The van der Waals surface area contributed by atoms with Gasteiger partial charge in [0.05, 0.1) is 7.11 Å². The number of unbranched alkanes of at least 4 members (excludes halogenated alkanes) is 2. The summed E-state index contributed by atoms with van der Waals surface area (Å²) in [5, 5.41) is 0. The van der Waals surface area contributed by atoms with Gasteiger partial charge in [-0.2, -0.15) is 0 Å². The highest BCUT2D eigenvalue weighted by Gasteiger charge is 2.09. The fourth-order valence-corrected chi connectivity index (χ4v) is 2.37. The van der Waals surface area contributed by atoms with Crippen molar-refractivity contribution in [3.8, 4) is 17.1 Å². The summed E-state index contributed by atoms with van der Waals surface area (Å²) in [6.45, 7) is 4.48. The molecule has 0 fully saturated rings. The summed E-state index contributed by atoms with van der Waals surface area (Å²) in [7, 11) is 1.67. The van der Waals surface area contributed by atoms with Gasteiger partial charge in [0.25, 0.3) is 0 Å². The number of methoxy groups -OCH3 is 1. The number of ether oxygens (including phenoxy) is 1. The first-order chi connectivity index (χ1) is 10.2. The fraction of sp³-hybridized carbons (Fsp3) is 0.444. The van der Waals surface area contributed by atoms with Gasteiger partial charge in [0.2, 0.25) is 0 Å². The van der Waals surface area contributed by atoms with E-state index in [1.165, 1.54) is 25.7 Å². The van der Waals surface area contributed by atoms with Crippen molar-refractivity contribution in [2.45, 2.75) is 45.4 Å². The topological polar surface area (TPSA) is 35.0 Å². The van der Waals surface area contributed by atoms with Crippen molar-refractivity contribution in [3.63, 3.8) is 0 Å². The summed E-state index contributed by atoms with van der Waals surface area (Å²) in [6, 6.07) is 9.91. The maximum Gasteiger partial charge on any atom is 0.159 e. The van der Waals surface area contributed by atoms with E-state index < -0.39 is 0 Å². The SMILES string of the molecule is CCCCCC(C)c1ccnc(-c2ccc(OC)cc2)n1. The Morgan fingerprint density at radius 1 is 1.10 bits per heavy atom. The predicted octanol–water partition coefficient (Wildman–Crippen LogP) is 4.84. The second-order valence-corrected chi connectivity index (χ2v) is 5.43. The lowest BCUT2D eigenvalue weighted by Crippen LogP contribution is -2.00. The molecular formula is C18H24N2O. The Labute approximate surface area is 127 Å². The molecule has 0 aliphatic heterocycles. The van der Waals surface area contributed by atoms with Crippen molar-refractivity contribution >= 4 is 0 Å². The molecule has 2 aromatic rings. The lowest BCUT2D eigenvalue weighted by Gasteiger charge is -2.11. The van der Waals surface area contributed by atoms with Crippen LogP contribution in [0.3, 0.4) is 0 Å². The number of hydrogen-bond donors (Lipinski definition) is 0. The van der Waals surface area contributed by atoms with Crippen LogP contribution in [0, 0.1) is 0 Å². The summed E-state index contributed by atoms with van der Waals surface area (Å²) >= 11 is 0. The van der Waals surface area contributed by atoms with E-state index in [2.05, 4.69) is 18.8 Å². The first kappa shape index (κ1) is 15.5. The summed E-state index contributed by atoms with van der Waals surface area (Å²) in [5.74, 6) is 2.12. The molecule has 0 N–H and O–H groups in total. The highest BCUT2D eigenvalue weighted by atomic mass is 16.5. The van der Waals surface area contributed by atoms with Crippen LogP contribution in [-0.2, 0) is 0 Å². The minimum absolute atomic E-state index is 0.483. The van der Waals surface area contributed by atoms with Crippen LogP contribution >= 0.6 is 0 Å². The Hall–Kier alpha value is -1.90. The molecule has 0 aliphatic rings. The van der Waals surface area contributed by atoms with Gasteiger partial charge >= 0.3 is 0 Å². The van der Waals surface area contributed by atoms with Gasteiger partial charge in [0, 0.05) is 17.5 Å². The van der Waals surface area contributed by atoms with Crippen LogP contribution in [0.2, 0.25) is 0 Å². The van der Waals surface area contributed by atoms with Gasteiger partial charge in [-0.3, -0.25) is 0 Å². The Kier molecular flexibility index (Phi) is 5.73. The summed E-state index contributed by atoms with van der Waals surface area (Å²) in [6.07, 6.45) is 6.86. The Balaban J connectivity index is 2.12. The molecule has 0 bridgehead atoms. The molecule has 21 heavy (non-hydrogen) atoms. The van der Waals surface area contributed by atoms with Crippen molar-refractivity contribution in [2.24, 2.45) is 0 Å². The van der Waals surface area contributed by atoms with E-state index >= 15 is 0 Å². The number of aromatic nitrogens is 2. The van der Waals surface area contributed by atoms with E-state index in [4.69, 9.17) is 9.72 Å². The number of benzene rings is 1. The third-order valence-electron chi connectivity index (χ3n) is 3.77. The van der Waals surface area contributed by atoms with E-state index in [9.17, 15) is 0 Å². The molecule has 0 spiro atoms. The summed E-state index contributed by atoms with van der Waals surface area (Å²) in [5.41, 5.74) is 2.16. The molecule has 0 saturated carbocycles. The molecule has 1 unspecified atom stereocenters. The molecule has 0 aliphatic carbocycles. The molecular weight excluding hydrogens is 260 g/mol. The van der Waals surface area contributed by atoms with Crippen molar-refractivity contribution in [1.29, 1.82) is 0 Å². The average Bonchev–Trinajstić information content (AvgIpc) is 2.55. The standard InChI is InChI=1S/C18H24N2O/c1-4-5-6-7-14(2)17-12-13-19-18(20-17)15-8-10-16(21-3)11-9-15/h8-14H,4-7H2,1-3H3. The second-order valence-electron chi connectivity index (χ2n) is 5.43. The van der Waals surface area contributed by atoms with E-state index in [-0.39, 0.29) is 0 Å². The fourth-order valence-electron chi connectivity index (χ4n) is 2.37. The van der Waals surface area contributed by atoms with Gasteiger partial charge in [-0.25, -0.2) is 9.97 Å². The van der Waals surface area contributed by atoms with Crippen LogP contribution in [0.15, 0.2) is 36.5 Å². The van der Waals surface area contributed by atoms with E-state index in [0.29, 0.717) is 5.92 Å². The summed E-state index contributed by atoms with van der Waals surface area (Å²) < 4.78 is 5.18. The minimum atomic E-state index is 0.483. The summed E-state index contributed by atoms with van der Waals surface area (Å²) in [4.78, 5) is 9.12. The molecule has 1 heterocycles. The van der Waals surface area contributed by atoms with Crippen LogP contribution in [0.5, 0.6) is 5.75 Å². The maximum absolute atomic E-state index is 5.18. The van der Waals surface area contributed by atoms with E-state index in [0.717, 1.165) is 22.8 Å². The minimum Gasteiger partial charge on any atom is -0.497 e. The van der Waals surface area contributed by atoms with Gasteiger partial charge in [-0.1, -0.05) is 33.1 Å². The Morgan fingerprint density at radius 2 is 1.86 bits per heavy atom. The van der Waals surface area contributed by atoms with Crippen LogP contribution in [0.4, 0.5) is 0 Å². The zero-order valence-corrected chi connectivity index (χ0v) is 13.2. The third-order valence-corrected chi connectivity index (χ3v) is 3.77. The van der Waals surface area contributed by atoms with Gasteiger partial charge in [-0.15, -0.1) is 0 Å². The highest BCUT2D eigenvalue weighted by Crippen LogP contribution is 2.23. The van der Waals surface area contributed by atoms with Gasteiger partial charge in [-0.05, 0) is 42.7 Å². The maximum atomic E-state index is 5.18. The van der Waals surface area contributed by atoms with Crippen LogP contribution in [0.25, 0.3) is 11.4 Å². The third kappa shape index (κ3) is 4.28. The Bertz CT molecular complexity index is 551. The molecule has 0 amide bonds. The second kappa shape index (κ2) is 7.77. The molecule has 1 atom stereocenters. The predicted molar refractivity (Wildman–Crippen MR) is 86.6 cm³/mol. The first-order valence-electron chi connectivity index (χ1n) is 7.72. The molecule has 0 radical (unpaired) electrons.